The fraction of sp³-hybridized carbons (Fsp3) is 0.231. The number of hydrogen-bond donors (Lipinski definition) is 1. The standard InChI is InChI=1S/C13H14N4S/c1-8-6-18-12-11(8)14-7-15-13(12)16-17-9(2)4-5-10(17)3/h4-7H,1-3H3,(H,14,15,16). The van der Waals surface area contributed by atoms with Crippen LogP contribution in [0.4, 0.5) is 5.82 Å². The first-order valence-corrected chi connectivity index (χ1v) is 6.65. The van der Waals surface area contributed by atoms with Crippen molar-refractivity contribution in [2.75, 3.05) is 5.43 Å². The quantitative estimate of drug-likeness (QED) is 0.767. The van der Waals surface area contributed by atoms with E-state index >= 15 is 0 Å². The second-order valence-corrected chi connectivity index (χ2v) is 5.26. The van der Waals surface area contributed by atoms with Crippen LogP contribution in [-0.4, -0.2) is 14.6 Å². The van der Waals surface area contributed by atoms with Crippen LogP contribution in [0.5, 0.6) is 0 Å². The fourth-order valence-electron chi connectivity index (χ4n) is 2.00. The Balaban J connectivity index is 2.10. The molecule has 5 heteroatoms. The molecule has 4 nitrogen and oxygen atoms in total. The van der Waals surface area contributed by atoms with E-state index in [1.165, 1.54) is 5.56 Å². The van der Waals surface area contributed by atoms with Crippen molar-refractivity contribution in [1.82, 2.24) is 14.6 Å². The summed E-state index contributed by atoms with van der Waals surface area (Å²) in [7, 11) is 0. The molecule has 3 rings (SSSR count). The number of nitrogens with one attached hydrogen (secondary N) is 1. The van der Waals surface area contributed by atoms with E-state index in [2.05, 4.69) is 53.7 Å². The molecule has 0 aliphatic carbocycles. The second kappa shape index (κ2) is 4.10. The van der Waals surface area contributed by atoms with Gasteiger partial charge in [0.1, 0.15) is 6.33 Å². The highest BCUT2D eigenvalue weighted by Gasteiger charge is 2.09. The summed E-state index contributed by atoms with van der Waals surface area (Å²) in [5.74, 6) is 0.862. The number of aryl methyl sites for hydroxylation is 3. The van der Waals surface area contributed by atoms with E-state index in [4.69, 9.17) is 0 Å². The molecule has 3 aromatic heterocycles. The highest BCUT2D eigenvalue weighted by molar-refractivity contribution is 7.18. The molecule has 0 saturated heterocycles. The first-order chi connectivity index (χ1) is 8.66. The summed E-state index contributed by atoms with van der Waals surface area (Å²) in [6.45, 7) is 6.21. The lowest BCUT2D eigenvalue weighted by Gasteiger charge is -2.12. The Hall–Kier alpha value is -1.88. The average Bonchev–Trinajstić information content (AvgIpc) is 2.88. The Kier molecular flexibility index (Phi) is 2.56. The van der Waals surface area contributed by atoms with Crippen molar-refractivity contribution in [2.45, 2.75) is 20.8 Å². The Morgan fingerprint density at radius 3 is 2.56 bits per heavy atom. The molecule has 18 heavy (non-hydrogen) atoms. The van der Waals surface area contributed by atoms with Crippen molar-refractivity contribution in [2.24, 2.45) is 0 Å². The van der Waals surface area contributed by atoms with E-state index in [-0.39, 0.29) is 0 Å². The van der Waals surface area contributed by atoms with Gasteiger partial charge < -0.3 is 0 Å². The highest BCUT2D eigenvalue weighted by Crippen LogP contribution is 2.28. The summed E-state index contributed by atoms with van der Waals surface area (Å²) in [6, 6.07) is 4.17. The lowest BCUT2D eigenvalue weighted by molar-refractivity contribution is 0.873. The Morgan fingerprint density at radius 2 is 1.83 bits per heavy atom. The lowest BCUT2D eigenvalue weighted by Crippen LogP contribution is -2.13. The van der Waals surface area contributed by atoms with Gasteiger partial charge in [0.2, 0.25) is 0 Å². The largest absolute Gasteiger partial charge is 0.276 e. The molecule has 0 bridgehead atoms. The van der Waals surface area contributed by atoms with E-state index < -0.39 is 0 Å². The van der Waals surface area contributed by atoms with Gasteiger partial charge in [0.05, 0.1) is 10.2 Å². The summed E-state index contributed by atoms with van der Waals surface area (Å²) in [6.07, 6.45) is 1.61. The maximum atomic E-state index is 4.34. The molecule has 3 heterocycles. The van der Waals surface area contributed by atoms with E-state index in [0.717, 1.165) is 27.4 Å². The number of rotatable bonds is 2. The normalized spacial score (nSPS) is 11.1. The van der Waals surface area contributed by atoms with Crippen LogP contribution in [0.15, 0.2) is 23.8 Å². The third kappa shape index (κ3) is 1.67. The molecule has 0 spiro atoms. The Morgan fingerprint density at radius 1 is 1.11 bits per heavy atom. The van der Waals surface area contributed by atoms with Crippen molar-refractivity contribution in [3.05, 3.63) is 40.8 Å². The minimum atomic E-state index is 0.862. The average molecular weight is 258 g/mol. The summed E-state index contributed by atoms with van der Waals surface area (Å²) >= 11 is 1.67. The van der Waals surface area contributed by atoms with E-state index in [1.54, 1.807) is 17.7 Å². The fourth-order valence-corrected chi connectivity index (χ4v) is 2.94. The van der Waals surface area contributed by atoms with Crippen molar-refractivity contribution in [3.8, 4) is 0 Å². The van der Waals surface area contributed by atoms with Gasteiger partial charge >= 0.3 is 0 Å². The molecular formula is C13H14N4S. The minimum absolute atomic E-state index is 0.862. The maximum Gasteiger partial charge on any atom is 0.166 e. The smallest absolute Gasteiger partial charge is 0.166 e. The highest BCUT2D eigenvalue weighted by atomic mass is 32.1. The zero-order valence-corrected chi connectivity index (χ0v) is 11.4. The van der Waals surface area contributed by atoms with Crippen LogP contribution >= 0.6 is 11.3 Å². The number of nitrogens with zero attached hydrogens (tertiary/aromatic N) is 3. The molecule has 0 aromatic carbocycles. The predicted molar refractivity (Wildman–Crippen MR) is 75.1 cm³/mol. The lowest BCUT2D eigenvalue weighted by atomic mass is 10.3. The number of aromatic nitrogens is 3. The molecular weight excluding hydrogens is 244 g/mol. The van der Waals surface area contributed by atoms with E-state index in [9.17, 15) is 0 Å². The SMILES string of the molecule is Cc1csc2c(Nn3c(C)ccc3C)ncnc12. The van der Waals surface area contributed by atoms with Gasteiger partial charge in [-0.05, 0) is 43.8 Å². The van der Waals surface area contributed by atoms with Crippen molar-refractivity contribution in [3.63, 3.8) is 0 Å². The van der Waals surface area contributed by atoms with Crippen molar-refractivity contribution < 1.29 is 0 Å². The number of hydrogen-bond acceptors (Lipinski definition) is 4. The number of thiophene rings is 1. The molecule has 0 unspecified atom stereocenters. The van der Waals surface area contributed by atoms with Crippen LogP contribution in [0.2, 0.25) is 0 Å². The predicted octanol–water partition coefficient (Wildman–Crippen LogP) is 3.29. The first-order valence-electron chi connectivity index (χ1n) is 5.77. The van der Waals surface area contributed by atoms with Crippen LogP contribution < -0.4 is 5.43 Å². The van der Waals surface area contributed by atoms with Crippen molar-refractivity contribution in [1.29, 1.82) is 0 Å². The van der Waals surface area contributed by atoms with Gasteiger partial charge in [-0.2, -0.15) is 0 Å². The second-order valence-electron chi connectivity index (χ2n) is 4.38. The summed E-state index contributed by atoms with van der Waals surface area (Å²) in [4.78, 5) is 8.67. The minimum Gasteiger partial charge on any atom is -0.276 e. The summed E-state index contributed by atoms with van der Waals surface area (Å²) in [5.41, 5.74) is 7.90. The van der Waals surface area contributed by atoms with E-state index in [0.29, 0.717) is 0 Å². The first kappa shape index (κ1) is 11.2. The maximum absolute atomic E-state index is 4.34. The molecule has 1 N–H and O–H groups in total. The molecule has 0 aliphatic rings. The number of fused-ring (bicyclic) bond motifs is 1. The molecule has 0 atom stereocenters. The van der Waals surface area contributed by atoms with Crippen LogP contribution in [0.25, 0.3) is 10.2 Å². The van der Waals surface area contributed by atoms with E-state index in [1.807, 2.05) is 4.68 Å². The van der Waals surface area contributed by atoms with Gasteiger partial charge in [0.25, 0.3) is 0 Å². The molecule has 0 fully saturated rings. The van der Waals surface area contributed by atoms with Gasteiger partial charge in [-0.3, -0.25) is 10.1 Å². The van der Waals surface area contributed by atoms with Gasteiger partial charge in [-0.1, -0.05) is 0 Å². The zero-order chi connectivity index (χ0) is 12.7. The molecule has 92 valence electrons. The van der Waals surface area contributed by atoms with Gasteiger partial charge in [0.15, 0.2) is 5.82 Å². The molecule has 3 aromatic rings. The van der Waals surface area contributed by atoms with Crippen LogP contribution in [0.3, 0.4) is 0 Å². The third-order valence-corrected chi connectivity index (χ3v) is 4.11. The molecule has 0 saturated carbocycles. The number of anilines is 1. The van der Waals surface area contributed by atoms with Gasteiger partial charge in [-0.15, -0.1) is 11.3 Å². The summed E-state index contributed by atoms with van der Waals surface area (Å²) < 4.78 is 3.14. The molecule has 0 radical (unpaired) electrons. The molecule has 0 aliphatic heterocycles. The van der Waals surface area contributed by atoms with Crippen LogP contribution in [0.1, 0.15) is 17.0 Å². The van der Waals surface area contributed by atoms with Crippen LogP contribution in [-0.2, 0) is 0 Å². The molecule has 0 amide bonds. The Bertz CT molecular complexity index is 691. The zero-order valence-electron chi connectivity index (χ0n) is 10.6. The van der Waals surface area contributed by atoms with Gasteiger partial charge in [0, 0.05) is 11.4 Å². The Labute approximate surface area is 109 Å². The summed E-state index contributed by atoms with van der Waals surface area (Å²) in [5, 5.41) is 2.11. The van der Waals surface area contributed by atoms with Crippen LogP contribution in [0, 0.1) is 20.8 Å². The third-order valence-electron chi connectivity index (χ3n) is 3.02. The monoisotopic (exact) mass is 258 g/mol. The van der Waals surface area contributed by atoms with Crippen molar-refractivity contribution >= 4 is 27.4 Å². The van der Waals surface area contributed by atoms with Gasteiger partial charge in [-0.25, -0.2) is 9.97 Å². The topological polar surface area (TPSA) is 42.7 Å².